The van der Waals surface area contributed by atoms with Crippen molar-refractivity contribution in [1.29, 1.82) is 0 Å². The minimum atomic E-state index is -3.63. The molecule has 0 N–H and O–H groups in total. The zero-order valence-electron chi connectivity index (χ0n) is 7.53. The minimum Gasteiger partial charge on any atom is -0.490 e. The quantitative estimate of drug-likeness (QED) is 0.695. The first-order valence-electron chi connectivity index (χ1n) is 4.21. The van der Waals surface area contributed by atoms with Crippen LogP contribution < -0.4 is 4.74 Å². The third-order valence-electron chi connectivity index (χ3n) is 2.15. The van der Waals surface area contributed by atoms with Crippen LogP contribution in [0.25, 0.3) is 0 Å². The lowest BCUT2D eigenvalue weighted by Crippen LogP contribution is -2.05. The summed E-state index contributed by atoms with van der Waals surface area (Å²) in [5.74, 6) is 0.751. The Morgan fingerprint density at radius 3 is 2.86 bits per heavy atom. The maximum atomic E-state index is 11.0. The fraction of sp³-hybridized carbons (Fsp3) is 0.333. The lowest BCUT2D eigenvalue weighted by Gasteiger charge is -2.02. The number of hydrogen-bond donors (Lipinski definition) is 0. The van der Waals surface area contributed by atoms with Crippen LogP contribution in [0.4, 0.5) is 0 Å². The van der Waals surface area contributed by atoms with Crippen molar-refractivity contribution >= 4 is 19.7 Å². The molecule has 0 saturated carbocycles. The Labute approximate surface area is 87.1 Å². The average Bonchev–Trinajstić information content (AvgIpc) is 2.41. The van der Waals surface area contributed by atoms with Crippen molar-refractivity contribution in [2.24, 2.45) is 0 Å². The molecule has 0 aromatic heterocycles. The van der Waals surface area contributed by atoms with Gasteiger partial charge in [0.05, 0.1) is 4.90 Å². The van der Waals surface area contributed by atoms with E-state index in [2.05, 4.69) is 0 Å². The maximum absolute atomic E-state index is 11.0. The fourth-order valence-corrected chi connectivity index (χ4v) is 2.35. The molecule has 2 rings (SSSR count). The first kappa shape index (κ1) is 9.80. The monoisotopic (exact) mass is 232 g/mol. The summed E-state index contributed by atoms with van der Waals surface area (Å²) < 4.78 is 27.5. The van der Waals surface area contributed by atoms with E-state index >= 15 is 0 Å². The summed E-state index contributed by atoms with van der Waals surface area (Å²) in [5.41, 5.74) is 0.902. The molecule has 0 radical (unpaired) electrons. The molecule has 0 aliphatic carbocycles. The van der Waals surface area contributed by atoms with Crippen LogP contribution >= 0.6 is 10.7 Å². The normalized spacial score (nSPS) is 20.3. The lowest BCUT2D eigenvalue weighted by molar-refractivity contribution is 0.254. The Balaban J connectivity index is 2.48. The van der Waals surface area contributed by atoms with E-state index in [1.165, 1.54) is 6.07 Å². The van der Waals surface area contributed by atoms with E-state index in [9.17, 15) is 8.42 Å². The van der Waals surface area contributed by atoms with Crippen molar-refractivity contribution in [3.05, 3.63) is 23.8 Å². The lowest BCUT2D eigenvalue weighted by atomic mass is 10.1. The van der Waals surface area contributed by atoms with Gasteiger partial charge in [-0.05, 0) is 30.7 Å². The van der Waals surface area contributed by atoms with Crippen LogP contribution in [-0.4, -0.2) is 14.5 Å². The number of ether oxygens (including phenoxy) is 1. The van der Waals surface area contributed by atoms with Gasteiger partial charge < -0.3 is 4.74 Å². The van der Waals surface area contributed by atoms with Crippen LogP contribution in [0.2, 0.25) is 0 Å². The Morgan fingerprint density at radius 2 is 2.21 bits per heavy atom. The highest BCUT2D eigenvalue weighted by atomic mass is 35.7. The number of hydrogen-bond acceptors (Lipinski definition) is 3. The van der Waals surface area contributed by atoms with Crippen molar-refractivity contribution in [2.75, 3.05) is 0 Å². The molecule has 1 aromatic rings. The van der Waals surface area contributed by atoms with Gasteiger partial charge in [0, 0.05) is 17.1 Å². The fourth-order valence-electron chi connectivity index (χ4n) is 1.55. The molecule has 1 heterocycles. The van der Waals surface area contributed by atoms with Crippen LogP contribution in [0.1, 0.15) is 12.5 Å². The first-order chi connectivity index (χ1) is 6.47. The first-order valence-corrected chi connectivity index (χ1v) is 6.52. The molecule has 1 aromatic carbocycles. The van der Waals surface area contributed by atoms with Gasteiger partial charge in [-0.3, -0.25) is 0 Å². The third-order valence-corrected chi connectivity index (χ3v) is 3.50. The predicted octanol–water partition coefficient (Wildman–Crippen LogP) is 1.94. The van der Waals surface area contributed by atoms with Gasteiger partial charge in [-0.2, -0.15) is 0 Å². The molecule has 5 heteroatoms. The number of halogens is 1. The van der Waals surface area contributed by atoms with Crippen LogP contribution in [0.15, 0.2) is 23.1 Å². The highest BCUT2D eigenvalue weighted by molar-refractivity contribution is 8.13. The summed E-state index contributed by atoms with van der Waals surface area (Å²) in [4.78, 5) is 0.135. The molecule has 0 spiro atoms. The molecule has 0 saturated heterocycles. The summed E-state index contributed by atoms with van der Waals surface area (Å²) in [7, 11) is 1.60. The van der Waals surface area contributed by atoms with E-state index in [4.69, 9.17) is 15.4 Å². The Hall–Kier alpha value is -0.740. The molecule has 3 nitrogen and oxygen atoms in total. The van der Waals surface area contributed by atoms with E-state index in [0.717, 1.165) is 17.7 Å². The second-order valence-electron chi connectivity index (χ2n) is 3.34. The Kier molecular flexibility index (Phi) is 2.20. The van der Waals surface area contributed by atoms with Crippen molar-refractivity contribution in [3.8, 4) is 5.75 Å². The number of fused-ring (bicyclic) bond motifs is 1. The van der Waals surface area contributed by atoms with Crippen LogP contribution in [0.3, 0.4) is 0 Å². The molecule has 14 heavy (non-hydrogen) atoms. The highest BCUT2D eigenvalue weighted by Gasteiger charge is 2.21. The van der Waals surface area contributed by atoms with Gasteiger partial charge >= 0.3 is 0 Å². The smallest absolute Gasteiger partial charge is 0.261 e. The molecule has 1 aliphatic heterocycles. The molecule has 76 valence electrons. The highest BCUT2D eigenvalue weighted by Crippen LogP contribution is 2.31. The third kappa shape index (κ3) is 1.72. The summed E-state index contributed by atoms with van der Waals surface area (Å²) in [6.45, 7) is 1.94. The second kappa shape index (κ2) is 3.14. The second-order valence-corrected chi connectivity index (χ2v) is 5.91. The van der Waals surface area contributed by atoms with Crippen molar-refractivity contribution < 1.29 is 13.2 Å². The van der Waals surface area contributed by atoms with Gasteiger partial charge in [-0.1, -0.05) is 0 Å². The SMILES string of the molecule is C[C@H]1Cc2cc(S(=O)(=O)Cl)ccc2O1. The maximum Gasteiger partial charge on any atom is 0.261 e. The van der Waals surface area contributed by atoms with Crippen molar-refractivity contribution in [3.63, 3.8) is 0 Å². The van der Waals surface area contributed by atoms with Gasteiger partial charge in [0.25, 0.3) is 9.05 Å². The Bertz CT molecular complexity index is 467. The van der Waals surface area contributed by atoms with E-state index in [0.29, 0.717) is 0 Å². The summed E-state index contributed by atoms with van der Waals surface area (Å²) in [6.07, 6.45) is 0.841. The molecule has 1 aliphatic rings. The topological polar surface area (TPSA) is 43.4 Å². The van der Waals surface area contributed by atoms with E-state index in [1.54, 1.807) is 12.1 Å². The minimum absolute atomic E-state index is 0.110. The summed E-state index contributed by atoms with van der Waals surface area (Å²) >= 11 is 0. The van der Waals surface area contributed by atoms with Crippen LogP contribution in [0, 0.1) is 0 Å². The molecule has 0 amide bonds. The van der Waals surface area contributed by atoms with E-state index < -0.39 is 9.05 Å². The Morgan fingerprint density at radius 1 is 1.50 bits per heavy atom. The van der Waals surface area contributed by atoms with E-state index in [-0.39, 0.29) is 11.0 Å². The van der Waals surface area contributed by atoms with Gasteiger partial charge in [-0.25, -0.2) is 8.42 Å². The number of rotatable bonds is 1. The average molecular weight is 233 g/mol. The van der Waals surface area contributed by atoms with Crippen molar-refractivity contribution in [1.82, 2.24) is 0 Å². The van der Waals surface area contributed by atoms with Crippen LogP contribution in [-0.2, 0) is 15.5 Å². The molecule has 0 unspecified atom stereocenters. The summed E-state index contributed by atoms with van der Waals surface area (Å²) in [5, 5.41) is 0. The zero-order chi connectivity index (χ0) is 10.3. The van der Waals surface area contributed by atoms with E-state index in [1.807, 2.05) is 6.92 Å². The largest absolute Gasteiger partial charge is 0.490 e. The molecule has 0 fully saturated rings. The molecule has 1 atom stereocenters. The predicted molar refractivity (Wildman–Crippen MR) is 53.3 cm³/mol. The van der Waals surface area contributed by atoms with Gasteiger partial charge in [0.1, 0.15) is 11.9 Å². The van der Waals surface area contributed by atoms with Crippen LogP contribution in [0.5, 0.6) is 5.75 Å². The molecule has 0 bridgehead atoms. The van der Waals surface area contributed by atoms with Crippen molar-refractivity contribution in [2.45, 2.75) is 24.3 Å². The zero-order valence-corrected chi connectivity index (χ0v) is 9.10. The van der Waals surface area contributed by atoms with Gasteiger partial charge in [0.2, 0.25) is 0 Å². The summed E-state index contributed by atoms with van der Waals surface area (Å²) in [6, 6.07) is 4.68. The van der Waals surface area contributed by atoms with Gasteiger partial charge in [0.15, 0.2) is 0 Å². The van der Waals surface area contributed by atoms with Gasteiger partial charge in [-0.15, -0.1) is 0 Å². The standard InChI is InChI=1S/C9H9ClO3S/c1-6-4-7-5-8(14(10,11)12)2-3-9(7)13-6/h2-3,5-6H,4H2,1H3/t6-/m0/s1. The molecular weight excluding hydrogens is 224 g/mol. The molecular formula is C9H9ClO3S. The number of benzene rings is 1.